The van der Waals surface area contributed by atoms with Crippen molar-refractivity contribution < 1.29 is 23.0 Å². The number of ketones is 1. The molecule has 2 heterocycles. The third-order valence-electron chi connectivity index (χ3n) is 6.11. The lowest BCUT2D eigenvalue weighted by Crippen LogP contribution is -2.25. The molecule has 4 rings (SSSR count). The number of carbonyl (C=O) groups excluding carboxylic acids is 1. The summed E-state index contributed by atoms with van der Waals surface area (Å²) in [4.78, 5) is 18.4. The minimum atomic E-state index is -2.57. The number of halogens is 2. The molecule has 7 heteroatoms. The van der Waals surface area contributed by atoms with E-state index in [0.29, 0.717) is 18.7 Å². The first-order valence-electron chi connectivity index (χ1n) is 10.9. The van der Waals surface area contributed by atoms with E-state index in [9.17, 15) is 13.6 Å². The van der Waals surface area contributed by atoms with Crippen LogP contribution in [-0.4, -0.2) is 42.5 Å². The monoisotopic (exact) mass is 430 g/mol. The molecule has 3 atom stereocenters. The maximum absolute atomic E-state index is 12.9. The summed E-state index contributed by atoms with van der Waals surface area (Å²) in [6, 6.07) is 11.4. The number of aromatic nitrogens is 1. The van der Waals surface area contributed by atoms with E-state index < -0.39 is 11.8 Å². The molecule has 2 fully saturated rings. The zero-order valence-corrected chi connectivity index (χ0v) is 17.9. The average molecular weight is 430 g/mol. The van der Waals surface area contributed by atoms with Gasteiger partial charge in [-0.05, 0) is 29.8 Å². The summed E-state index contributed by atoms with van der Waals surface area (Å²) in [5.74, 6) is -0.988. The normalized spacial score (nSPS) is 22.8. The second-order valence-corrected chi connectivity index (χ2v) is 8.41. The average Bonchev–Trinajstić information content (AvgIpc) is 3.15. The fourth-order valence-electron chi connectivity index (χ4n) is 3.84. The minimum Gasteiger partial charge on any atom is -0.491 e. The molecule has 31 heavy (non-hydrogen) atoms. The fraction of sp³-hybridized carbons (Fsp3) is 0.500. The molecular formula is C24H28F2N2O3. The highest BCUT2D eigenvalue weighted by Crippen LogP contribution is 2.48. The number of benzene rings is 1. The van der Waals surface area contributed by atoms with Crippen LogP contribution in [0.25, 0.3) is 0 Å². The molecule has 0 radical (unpaired) electrons. The number of alkyl halides is 2. The molecule has 1 aromatic carbocycles. The predicted octanol–water partition coefficient (Wildman–Crippen LogP) is 4.86. The molecule has 1 saturated heterocycles. The lowest BCUT2D eigenvalue weighted by atomic mass is 9.95. The molecule has 0 amide bonds. The Morgan fingerprint density at radius 2 is 1.94 bits per heavy atom. The summed E-state index contributed by atoms with van der Waals surface area (Å²) in [7, 11) is 0. The molecule has 2 aromatic rings. The quantitative estimate of drug-likeness (QED) is 0.569. The third-order valence-corrected chi connectivity index (χ3v) is 6.11. The van der Waals surface area contributed by atoms with E-state index in [4.69, 9.17) is 9.47 Å². The topological polar surface area (TPSA) is 51.7 Å². The van der Waals surface area contributed by atoms with Crippen molar-refractivity contribution in [2.24, 2.45) is 5.92 Å². The number of carbonyl (C=O) groups is 1. The smallest absolute Gasteiger partial charge is 0.255 e. The van der Waals surface area contributed by atoms with Crippen molar-refractivity contribution in [1.29, 1.82) is 0 Å². The highest BCUT2D eigenvalue weighted by atomic mass is 19.3. The van der Waals surface area contributed by atoms with Crippen molar-refractivity contribution in [2.75, 3.05) is 24.6 Å². The van der Waals surface area contributed by atoms with Crippen LogP contribution >= 0.6 is 0 Å². The summed E-state index contributed by atoms with van der Waals surface area (Å²) in [5, 5.41) is 0. The van der Waals surface area contributed by atoms with Crippen molar-refractivity contribution >= 4 is 11.6 Å². The highest BCUT2D eigenvalue weighted by Gasteiger charge is 2.57. The summed E-state index contributed by atoms with van der Waals surface area (Å²) in [6.07, 6.45) is 2.96. The van der Waals surface area contributed by atoms with Crippen LogP contribution in [0.2, 0.25) is 0 Å². The van der Waals surface area contributed by atoms with E-state index in [-0.39, 0.29) is 30.8 Å². The van der Waals surface area contributed by atoms with E-state index in [1.807, 2.05) is 44.2 Å². The Hall–Kier alpha value is -2.70. The van der Waals surface area contributed by atoms with Crippen molar-refractivity contribution in [3.05, 3.63) is 48.2 Å². The fourth-order valence-corrected chi connectivity index (χ4v) is 3.84. The van der Waals surface area contributed by atoms with E-state index in [2.05, 4.69) is 9.88 Å². The molecule has 166 valence electrons. The molecule has 0 bridgehead atoms. The van der Waals surface area contributed by atoms with Gasteiger partial charge in [0.15, 0.2) is 0 Å². The van der Waals surface area contributed by atoms with Gasteiger partial charge in [0.05, 0.1) is 25.3 Å². The van der Waals surface area contributed by atoms with Gasteiger partial charge in [-0.15, -0.1) is 0 Å². The Morgan fingerprint density at radius 1 is 1.23 bits per heavy atom. The number of pyridine rings is 1. The van der Waals surface area contributed by atoms with Gasteiger partial charge in [0.25, 0.3) is 5.92 Å². The van der Waals surface area contributed by atoms with E-state index in [1.54, 1.807) is 12.3 Å². The van der Waals surface area contributed by atoms with Crippen LogP contribution in [0.4, 0.5) is 14.6 Å². The van der Waals surface area contributed by atoms with Gasteiger partial charge in [0.1, 0.15) is 29.2 Å². The van der Waals surface area contributed by atoms with Crippen LogP contribution in [0.1, 0.15) is 44.6 Å². The summed E-state index contributed by atoms with van der Waals surface area (Å²) in [5.41, 5.74) is 1.00. The number of ether oxygens (including phenoxy) is 2. The first-order valence-corrected chi connectivity index (χ1v) is 10.9. The van der Waals surface area contributed by atoms with Gasteiger partial charge in [0, 0.05) is 31.7 Å². The molecule has 0 N–H and O–H groups in total. The van der Waals surface area contributed by atoms with Gasteiger partial charge in [-0.3, -0.25) is 4.79 Å². The summed E-state index contributed by atoms with van der Waals surface area (Å²) in [6.45, 7) is 5.38. The van der Waals surface area contributed by atoms with Crippen molar-refractivity contribution in [1.82, 2.24) is 4.98 Å². The van der Waals surface area contributed by atoms with Crippen LogP contribution in [-0.2, 0) is 4.79 Å². The van der Waals surface area contributed by atoms with Crippen molar-refractivity contribution in [3.8, 4) is 11.5 Å². The van der Waals surface area contributed by atoms with E-state index in [0.717, 1.165) is 30.1 Å². The van der Waals surface area contributed by atoms with Crippen molar-refractivity contribution in [2.45, 2.75) is 51.1 Å². The lowest BCUT2D eigenvalue weighted by Gasteiger charge is -2.18. The summed E-state index contributed by atoms with van der Waals surface area (Å²) < 4.78 is 37.4. The molecule has 1 aromatic heterocycles. The van der Waals surface area contributed by atoms with Crippen molar-refractivity contribution in [3.63, 3.8) is 0 Å². The number of hydrogen-bond acceptors (Lipinski definition) is 5. The number of hydrogen-bond donors (Lipinski definition) is 0. The third kappa shape index (κ3) is 5.14. The van der Waals surface area contributed by atoms with E-state index in [1.165, 1.54) is 0 Å². The largest absolute Gasteiger partial charge is 0.491 e. The standard InChI is InChI=1S/C24H28F2N2O3/c1-3-22(29)16(2)17-4-6-19(7-5-17)31-21-10-11-28(14-21)23-9-8-20(13-27-23)30-15-18-12-24(18,25)26/h4-9,13,16,18,21H,3,10-12,14-15H2,1-2H3. The van der Waals surface area contributed by atoms with Gasteiger partial charge in [-0.2, -0.15) is 0 Å². The van der Waals surface area contributed by atoms with Gasteiger partial charge in [-0.1, -0.05) is 26.0 Å². The maximum Gasteiger partial charge on any atom is 0.255 e. The van der Waals surface area contributed by atoms with Gasteiger partial charge in [0.2, 0.25) is 0 Å². The highest BCUT2D eigenvalue weighted by molar-refractivity contribution is 5.85. The second-order valence-electron chi connectivity index (χ2n) is 8.41. The SMILES string of the molecule is CCC(=O)C(C)c1ccc(OC2CCN(c3ccc(OCC4CC4(F)F)cn3)C2)cc1. The van der Waals surface area contributed by atoms with Gasteiger partial charge in [-0.25, -0.2) is 13.8 Å². The Kier molecular flexibility index (Phi) is 6.12. The number of anilines is 1. The van der Waals surface area contributed by atoms with Crippen LogP contribution < -0.4 is 14.4 Å². The minimum absolute atomic E-state index is 0.0256. The molecule has 5 nitrogen and oxygen atoms in total. The first kappa shape index (κ1) is 21.5. The number of rotatable bonds is 9. The second kappa shape index (κ2) is 8.81. The maximum atomic E-state index is 12.9. The Morgan fingerprint density at radius 3 is 2.55 bits per heavy atom. The lowest BCUT2D eigenvalue weighted by molar-refractivity contribution is -0.119. The van der Waals surface area contributed by atoms with Crippen LogP contribution in [0, 0.1) is 5.92 Å². The number of Topliss-reactive ketones (excluding diaryl/α,β-unsaturated/α-hetero) is 1. The zero-order chi connectivity index (χ0) is 22.0. The molecule has 3 unspecified atom stereocenters. The first-order chi connectivity index (χ1) is 14.9. The Labute approximate surface area is 181 Å². The van der Waals surface area contributed by atoms with Gasteiger partial charge < -0.3 is 14.4 Å². The van der Waals surface area contributed by atoms with Crippen LogP contribution in [0.3, 0.4) is 0 Å². The zero-order valence-electron chi connectivity index (χ0n) is 17.9. The molecular weight excluding hydrogens is 402 g/mol. The van der Waals surface area contributed by atoms with Gasteiger partial charge >= 0.3 is 0 Å². The molecule has 1 aliphatic heterocycles. The predicted molar refractivity (Wildman–Crippen MR) is 114 cm³/mol. The van der Waals surface area contributed by atoms with E-state index >= 15 is 0 Å². The molecule has 0 spiro atoms. The van der Waals surface area contributed by atoms with Crippen LogP contribution in [0.5, 0.6) is 11.5 Å². The van der Waals surface area contributed by atoms with Crippen LogP contribution in [0.15, 0.2) is 42.6 Å². The molecule has 1 saturated carbocycles. The number of nitrogens with zero attached hydrogens (tertiary/aromatic N) is 2. The Balaban J connectivity index is 1.27. The summed E-state index contributed by atoms with van der Waals surface area (Å²) >= 11 is 0. The molecule has 1 aliphatic carbocycles. The molecule has 2 aliphatic rings. The Bertz CT molecular complexity index is 902.